The minimum atomic E-state index is -1.34. The SMILES string of the molecule is COC(=O)/C(=C\c1cc(C)c2nn(COCC[Si](C)(C)C)cc2c1)NC(=O)O. The third-order valence-corrected chi connectivity index (χ3v) is 5.75. The Kier molecular flexibility index (Phi) is 6.98. The van der Waals surface area contributed by atoms with E-state index in [1.807, 2.05) is 25.3 Å². The zero-order valence-electron chi connectivity index (χ0n) is 16.9. The summed E-state index contributed by atoms with van der Waals surface area (Å²) in [5.41, 5.74) is 2.25. The van der Waals surface area contributed by atoms with E-state index in [9.17, 15) is 9.59 Å². The molecule has 0 atom stereocenters. The first-order valence-electron chi connectivity index (χ1n) is 8.94. The second kappa shape index (κ2) is 9.02. The van der Waals surface area contributed by atoms with Gasteiger partial charge in [-0.15, -0.1) is 0 Å². The average Bonchev–Trinajstić information content (AvgIpc) is 2.99. The number of amides is 1. The molecule has 9 heteroatoms. The molecule has 0 aliphatic heterocycles. The van der Waals surface area contributed by atoms with Gasteiger partial charge in [-0.2, -0.15) is 5.10 Å². The Bertz CT molecular complexity index is 899. The number of carbonyl (C=O) groups is 2. The van der Waals surface area contributed by atoms with Gasteiger partial charge in [0.2, 0.25) is 0 Å². The van der Waals surface area contributed by atoms with E-state index in [2.05, 4.69) is 34.8 Å². The lowest BCUT2D eigenvalue weighted by molar-refractivity contribution is -0.136. The minimum Gasteiger partial charge on any atom is -0.465 e. The molecule has 0 unspecified atom stereocenters. The van der Waals surface area contributed by atoms with Crippen LogP contribution >= 0.6 is 0 Å². The number of ether oxygens (including phenoxy) is 2. The van der Waals surface area contributed by atoms with Gasteiger partial charge < -0.3 is 14.6 Å². The lowest BCUT2D eigenvalue weighted by Crippen LogP contribution is -2.26. The first-order chi connectivity index (χ1) is 13.1. The number of benzene rings is 1. The Morgan fingerprint density at radius 3 is 2.64 bits per heavy atom. The Labute approximate surface area is 165 Å². The van der Waals surface area contributed by atoms with E-state index in [1.54, 1.807) is 4.68 Å². The number of aromatic nitrogens is 2. The van der Waals surface area contributed by atoms with Crippen LogP contribution in [0.2, 0.25) is 25.7 Å². The molecular weight excluding hydrogens is 378 g/mol. The molecule has 152 valence electrons. The van der Waals surface area contributed by atoms with Crippen molar-refractivity contribution < 1.29 is 24.2 Å². The van der Waals surface area contributed by atoms with E-state index in [-0.39, 0.29) is 5.70 Å². The molecule has 0 bridgehead atoms. The number of rotatable bonds is 8. The van der Waals surface area contributed by atoms with Crippen LogP contribution in [0.3, 0.4) is 0 Å². The van der Waals surface area contributed by atoms with Crippen LogP contribution in [0, 0.1) is 6.92 Å². The molecule has 0 spiro atoms. The van der Waals surface area contributed by atoms with Crippen LogP contribution in [0.5, 0.6) is 0 Å². The predicted octanol–water partition coefficient (Wildman–Crippen LogP) is 3.44. The molecule has 8 nitrogen and oxygen atoms in total. The molecule has 0 aliphatic rings. The van der Waals surface area contributed by atoms with Gasteiger partial charge in [-0.25, -0.2) is 14.3 Å². The summed E-state index contributed by atoms with van der Waals surface area (Å²) in [6.45, 7) is 9.90. The van der Waals surface area contributed by atoms with Crippen molar-refractivity contribution >= 4 is 37.1 Å². The summed E-state index contributed by atoms with van der Waals surface area (Å²) in [6, 6.07) is 4.76. The quantitative estimate of drug-likeness (QED) is 0.302. The van der Waals surface area contributed by atoms with Crippen molar-refractivity contribution in [2.75, 3.05) is 13.7 Å². The molecule has 1 aromatic carbocycles. The van der Waals surface area contributed by atoms with Crippen LogP contribution in [0.25, 0.3) is 17.0 Å². The molecule has 2 N–H and O–H groups in total. The van der Waals surface area contributed by atoms with Gasteiger partial charge >= 0.3 is 12.1 Å². The zero-order valence-corrected chi connectivity index (χ0v) is 17.9. The third-order valence-electron chi connectivity index (χ3n) is 4.05. The Morgan fingerprint density at radius 1 is 1.32 bits per heavy atom. The van der Waals surface area contributed by atoms with Gasteiger partial charge in [0.05, 0.1) is 12.6 Å². The topological polar surface area (TPSA) is 103 Å². The number of nitrogens with one attached hydrogen (secondary N) is 1. The fourth-order valence-corrected chi connectivity index (χ4v) is 3.37. The van der Waals surface area contributed by atoms with Gasteiger partial charge in [-0.1, -0.05) is 19.6 Å². The highest BCUT2D eigenvalue weighted by Crippen LogP contribution is 2.21. The molecule has 1 amide bonds. The van der Waals surface area contributed by atoms with Gasteiger partial charge in [0, 0.05) is 26.3 Å². The summed E-state index contributed by atoms with van der Waals surface area (Å²) in [5, 5.41) is 16.4. The van der Waals surface area contributed by atoms with E-state index in [0.29, 0.717) is 18.9 Å². The van der Waals surface area contributed by atoms with Crippen molar-refractivity contribution in [2.45, 2.75) is 39.3 Å². The second-order valence-corrected chi connectivity index (χ2v) is 13.4. The predicted molar refractivity (Wildman–Crippen MR) is 110 cm³/mol. The van der Waals surface area contributed by atoms with Gasteiger partial charge in [0.1, 0.15) is 12.4 Å². The number of fused-ring (bicyclic) bond motifs is 1. The number of nitrogens with zero attached hydrogens (tertiary/aromatic N) is 2. The highest BCUT2D eigenvalue weighted by molar-refractivity contribution is 6.76. The standard InChI is InChI=1S/C19H27N3O5Si/c1-13-8-14(10-16(18(23)26-2)20-19(24)25)9-15-11-22(21-17(13)15)12-27-6-7-28(3,4)5/h8-11,20H,6-7,12H2,1-5H3,(H,24,25)/b16-10+. The maximum absolute atomic E-state index is 11.8. The summed E-state index contributed by atoms with van der Waals surface area (Å²) >= 11 is 0. The Morgan fingerprint density at radius 2 is 2.04 bits per heavy atom. The van der Waals surface area contributed by atoms with Crippen LogP contribution in [0.15, 0.2) is 24.0 Å². The summed E-state index contributed by atoms with van der Waals surface area (Å²) in [6.07, 6.45) is 1.97. The first-order valence-corrected chi connectivity index (χ1v) is 12.7. The lowest BCUT2D eigenvalue weighted by Gasteiger charge is -2.15. The van der Waals surface area contributed by atoms with E-state index in [1.165, 1.54) is 13.2 Å². The summed E-state index contributed by atoms with van der Waals surface area (Å²) in [5.74, 6) is -0.758. The number of aryl methyl sites for hydroxylation is 1. The molecule has 2 rings (SSSR count). The molecule has 0 saturated heterocycles. The molecule has 1 aromatic heterocycles. The molecule has 28 heavy (non-hydrogen) atoms. The van der Waals surface area contributed by atoms with E-state index in [4.69, 9.17) is 9.84 Å². The minimum absolute atomic E-state index is 0.157. The zero-order chi connectivity index (χ0) is 20.9. The van der Waals surface area contributed by atoms with Crippen molar-refractivity contribution in [2.24, 2.45) is 0 Å². The van der Waals surface area contributed by atoms with Crippen molar-refractivity contribution in [3.63, 3.8) is 0 Å². The van der Waals surface area contributed by atoms with Crippen molar-refractivity contribution in [1.82, 2.24) is 15.1 Å². The van der Waals surface area contributed by atoms with Gasteiger partial charge in [-0.3, -0.25) is 5.32 Å². The monoisotopic (exact) mass is 405 g/mol. The molecule has 1 heterocycles. The number of carbonyl (C=O) groups excluding carboxylic acids is 1. The van der Waals surface area contributed by atoms with E-state index in [0.717, 1.165) is 22.5 Å². The first kappa shape index (κ1) is 21.6. The third kappa shape index (κ3) is 6.21. The Balaban J connectivity index is 2.22. The van der Waals surface area contributed by atoms with Crippen molar-refractivity contribution in [3.8, 4) is 0 Å². The smallest absolute Gasteiger partial charge is 0.409 e. The molecular formula is C19H27N3O5Si. The van der Waals surface area contributed by atoms with Crippen LogP contribution in [0.1, 0.15) is 11.1 Å². The Hall–Kier alpha value is -2.65. The number of methoxy groups -OCH3 is 1. The fourth-order valence-electron chi connectivity index (χ4n) is 2.61. The number of carboxylic acid groups (broad SMARTS) is 1. The maximum atomic E-state index is 11.8. The largest absolute Gasteiger partial charge is 0.465 e. The van der Waals surface area contributed by atoms with Gasteiger partial charge in [0.25, 0.3) is 0 Å². The number of esters is 1. The van der Waals surface area contributed by atoms with Crippen molar-refractivity contribution in [3.05, 3.63) is 35.2 Å². The molecule has 0 fully saturated rings. The summed E-state index contributed by atoms with van der Waals surface area (Å²) in [7, 11) is 0.0645. The number of hydrogen-bond donors (Lipinski definition) is 2. The molecule has 0 aliphatic carbocycles. The van der Waals surface area contributed by atoms with Gasteiger partial charge in [0.15, 0.2) is 0 Å². The maximum Gasteiger partial charge on any atom is 0.409 e. The van der Waals surface area contributed by atoms with E-state index >= 15 is 0 Å². The lowest BCUT2D eigenvalue weighted by atomic mass is 10.1. The van der Waals surface area contributed by atoms with Crippen LogP contribution < -0.4 is 5.32 Å². The highest BCUT2D eigenvalue weighted by Gasteiger charge is 2.14. The fraction of sp³-hybridized carbons (Fsp3) is 0.421. The van der Waals surface area contributed by atoms with Gasteiger partial charge in [-0.05, 0) is 42.3 Å². The molecule has 2 aromatic rings. The van der Waals surface area contributed by atoms with Crippen LogP contribution in [0.4, 0.5) is 4.79 Å². The van der Waals surface area contributed by atoms with E-state index < -0.39 is 20.1 Å². The molecule has 0 saturated carbocycles. The second-order valence-electron chi connectivity index (χ2n) is 7.77. The average molecular weight is 406 g/mol. The summed E-state index contributed by atoms with van der Waals surface area (Å²) in [4.78, 5) is 22.7. The van der Waals surface area contributed by atoms with Crippen LogP contribution in [-0.4, -0.2) is 48.7 Å². The number of hydrogen-bond acceptors (Lipinski definition) is 5. The van der Waals surface area contributed by atoms with Crippen LogP contribution in [-0.2, 0) is 21.0 Å². The summed E-state index contributed by atoms with van der Waals surface area (Å²) < 4.78 is 12.1. The highest BCUT2D eigenvalue weighted by atomic mass is 28.3. The normalized spacial score (nSPS) is 12.2. The molecule has 0 radical (unpaired) electrons. The van der Waals surface area contributed by atoms with Crippen molar-refractivity contribution in [1.29, 1.82) is 0 Å².